The van der Waals surface area contributed by atoms with Crippen molar-refractivity contribution in [1.29, 1.82) is 0 Å². The van der Waals surface area contributed by atoms with Crippen LogP contribution in [0.3, 0.4) is 0 Å². The van der Waals surface area contributed by atoms with Gasteiger partial charge in [-0.3, -0.25) is 0 Å². The topological polar surface area (TPSA) is 3.24 Å². The summed E-state index contributed by atoms with van der Waals surface area (Å²) in [5.74, 6) is 0. The minimum Gasteiger partial charge on any atom is -0.312 e. The Morgan fingerprint density at radius 2 is 2.29 bits per heavy atom. The lowest BCUT2D eigenvalue weighted by atomic mass is 10.00. The van der Waals surface area contributed by atoms with Gasteiger partial charge in [0.25, 0.3) is 0 Å². The monoisotopic (exact) mass is 265 g/mol. The van der Waals surface area contributed by atoms with Gasteiger partial charge >= 0.3 is 0 Å². The minimum atomic E-state index is 0.271. The van der Waals surface area contributed by atoms with Gasteiger partial charge in [0, 0.05) is 16.2 Å². The number of fused-ring (bicyclic) bond motifs is 1. The van der Waals surface area contributed by atoms with E-state index in [9.17, 15) is 0 Å². The minimum absolute atomic E-state index is 0.271. The first-order chi connectivity index (χ1) is 8.05. The second kappa shape index (κ2) is 4.99. The zero-order valence-corrected chi connectivity index (χ0v) is 12.3. The maximum Gasteiger partial charge on any atom is 0.0507 e. The van der Waals surface area contributed by atoms with E-state index in [1.807, 2.05) is 29.8 Å². The van der Waals surface area contributed by atoms with E-state index in [0.717, 1.165) is 13.0 Å². The molecule has 1 aromatic rings. The molecule has 1 aliphatic rings. The third-order valence-electron chi connectivity index (χ3n) is 2.82. The third kappa shape index (κ3) is 2.83. The summed E-state index contributed by atoms with van der Waals surface area (Å²) in [6, 6.07) is 6.78. The normalized spacial score (nSPS) is 17.7. The molecular weight excluding hydrogens is 246 g/mol. The number of hydrogen-bond donors (Lipinski definition) is 0. The molecule has 1 nitrogen and oxygen atoms in total. The Labute approximate surface area is 113 Å². The Kier molecular flexibility index (Phi) is 3.79. The Balaban J connectivity index is 2.40. The fraction of sp³-hybridized carbons (Fsp3) is 0.429. The van der Waals surface area contributed by atoms with Crippen molar-refractivity contribution in [3.8, 4) is 0 Å². The van der Waals surface area contributed by atoms with Gasteiger partial charge in [0.2, 0.25) is 0 Å². The lowest BCUT2D eigenvalue weighted by Crippen LogP contribution is -2.33. The SMILES string of the molecule is C=CCN1SC(C)(C)Cc2cc(SC)ccc21. The van der Waals surface area contributed by atoms with Crippen LogP contribution in [0.15, 0.2) is 35.7 Å². The quantitative estimate of drug-likeness (QED) is 0.453. The zero-order chi connectivity index (χ0) is 12.5. The highest BCUT2D eigenvalue weighted by Crippen LogP contribution is 2.43. The van der Waals surface area contributed by atoms with E-state index in [1.54, 1.807) is 0 Å². The molecule has 0 atom stereocenters. The number of nitrogens with zero attached hydrogens (tertiary/aromatic N) is 1. The van der Waals surface area contributed by atoms with E-state index in [2.05, 4.69) is 49.2 Å². The van der Waals surface area contributed by atoms with Gasteiger partial charge in [-0.1, -0.05) is 6.08 Å². The van der Waals surface area contributed by atoms with Gasteiger partial charge < -0.3 is 4.31 Å². The van der Waals surface area contributed by atoms with Gasteiger partial charge in [-0.25, -0.2) is 0 Å². The molecule has 0 fully saturated rings. The van der Waals surface area contributed by atoms with Crippen LogP contribution >= 0.6 is 23.7 Å². The Bertz CT molecular complexity index is 426. The maximum absolute atomic E-state index is 3.85. The molecule has 0 amide bonds. The molecule has 0 spiro atoms. The van der Waals surface area contributed by atoms with E-state index >= 15 is 0 Å². The molecule has 0 radical (unpaired) electrons. The Morgan fingerprint density at radius 1 is 1.53 bits per heavy atom. The lowest BCUT2D eigenvalue weighted by molar-refractivity contribution is 0.694. The summed E-state index contributed by atoms with van der Waals surface area (Å²) < 4.78 is 2.63. The van der Waals surface area contributed by atoms with Crippen molar-refractivity contribution in [3.05, 3.63) is 36.4 Å². The summed E-state index contributed by atoms with van der Waals surface area (Å²) in [6.07, 6.45) is 5.24. The van der Waals surface area contributed by atoms with Gasteiger partial charge in [0.05, 0.1) is 5.69 Å². The molecule has 0 N–H and O–H groups in total. The molecule has 1 aromatic carbocycles. The Hall–Kier alpha value is -0.540. The highest BCUT2D eigenvalue weighted by Gasteiger charge is 2.30. The van der Waals surface area contributed by atoms with E-state index < -0.39 is 0 Å². The smallest absolute Gasteiger partial charge is 0.0507 e. The number of thioether (sulfide) groups is 1. The predicted molar refractivity (Wildman–Crippen MR) is 81.1 cm³/mol. The number of benzene rings is 1. The van der Waals surface area contributed by atoms with Crippen molar-refractivity contribution in [2.75, 3.05) is 17.1 Å². The van der Waals surface area contributed by atoms with Crippen molar-refractivity contribution in [3.63, 3.8) is 0 Å². The van der Waals surface area contributed by atoms with Crippen LogP contribution in [0.1, 0.15) is 19.4 Å². The van der Waals surface area contributed by atoms with Crippen LogP contribution in [0, 0.1) is 0 Å². The molecule has 0 aliphatic carbocycles. The van der Waals surface area contributed by atoms with Crippen molar-refractivity contribution in [2.45, 2.75) is 29.9 Å². The van der Waals surface area contributed by atoms with Crippen molar-refractivity contribution < 1.29 is 0 Å². The number of anilines is 1. The first-order valence-electron chi connectivity index (χ1n) is 5.80. The van der Waals surface area contributed by atoms with Crippen LogP contribution < -0.4 is 4.31 Å². The van der Waals surface area contributed by atoms with Gasteiger partial charge in [0.1, 0.15) is 0 Å². The standard InChI is InChI=1S/C14H19NS2/c1-5-8-15-13-7-6-12(16-4)9-11(13)10-14(2,3)17-15/h5-7,9H,1,8,10H2,2-4H3. The van der Waals surface area contributed by atoms with Crippen LogP contribution in [0.5, 0.6) is 0 Å². The molecule has 3 heteroatoms. The largest absolute Gasteiger partial charge is 0.312 e. The second-order valence-corrected chi connectivity index (χ2v) is 7.48. The maximum atomic E-state index is 3.85. The summed E-state index contributed by atoms with van der Waals surface area (Å²) in [6.45, 7) is 9.37. The second-order valence-electron chi connectivity index (χ2n) is 4.87. The van der Waals surface area contributed by atoms with Gasteiger partial charge in [-0.05, 0) is 62.2 Å². The first kappa shape index (κ1) is 12.9. The average molecular weight is 265 g/mol. The molecule has 2 rings (SSSR count). The summed E-state index contributed by atoms with van der Waals surface area (Å²) in [5, 5.41) is 0. The van der Waals surface area contributed by atoms with Crippen LogP contribution in [0.2, 0.25) is 0 Å². The molecule has 92 valence electrons. The van der Waals surface area contributed by atoms with Gasteiger partial charge in [-0.2, -0.15) is 0 Å². The summed E-state index contributed by atoms with van der Waals surface area (Å²) in [5.41, 5.74) is 2.81. The molecule has 0 saturated heterocycles. The van der Waals surface area contributed by atoms with E-state index in [-0.39, 0.29) is 4.75 Å². The predicted octanol–water partition coefficient (Wildman–Crippen LogP) is 4.38. The van der Waals surface area contributed by atoms with Crippen LogP contribution in [-0.4, -0.2) is 17.5 Å². The van der Waals surface area contributed by atoms with E-state index in [0.29, 0.717) is 0 Å². The van der Waals surface area contributed by atoms with Gasteiger partial charge in [0.15, 0.2) is 0 Å². The highest BCUT2D eigenvalue weighted by atomic mass is 32.2. The Morgan fingerprint density at radius 3 is 2.94 bits per heavy atom. The summed E-state index contributed by atoms with van der Waals surface area (Å²) >= 11 is 3.74. The number of hydrogen-bond acceptors (Lipinski definition) is 3. The molecule has 0 unspecified atom stereocenters. The van der Waals surface area contributed by atoms with Gasteiger partial charge in [-0.15, -0.1) is 18.3 Å². The molecule has 0 bridgehead atoms. The van der Waals surface area contributed by atoms with Crippen LogP contribution in [0.4, 0.5) is 5.69 Å². The van der Waals surface area contributed by atoms with E-state index in [1.165, 1.54) is 16.1 Å². The summed E-state index contributed by atoms with van der Waals surface area (Å²) in [7, 11) is 0. The first-order valence-corrected chi connectivity index (χ1v) is 7.80. The third-order valence-corrected chi connectivity index (χ3v) is 4.75. The zero-order valence-electron chi connectivity index (χ0n) is 10.7. The molecule has 17 heavy (non-hydrogen) atoms. The molecule has 0 saturated carbocycles. The fourth-order valence-corrected chi connectivity index (χ4v) is 3.90. The van der Waals surface area contributed by atoms with Crippen molar-refractivity contribution in [2.24, 2.45) is 0 Å². The van der Waals surface area contributed by atoms with Crippen molar-refractivity contribution in [1.82, 2.24) is 0 Å². The van der Waals surface area contributed by atoms with Crippen LogP contribution in [-0.2, 0) is 6.42 Å². The number of rotatable bonds is 3. The molecule has 1 heterocycles. The highest BCUT2D eigenvalue weighted by molar-refractivity contribution is 8.02. The summed E-state index contributed by atoms with van der Waals surface area (Å²) in [4.78, 5) is 1.35. The average Bonchev–Trinajstić information content (AvgIpc) is 2.27. The van der Waals surface area contributed by atoms with E-state index in [4.69, 9.17) is 0 Å². The van der Waals surface area contributed by atoms with Crippen molar-refractivity contribution >= 4 is 29.4 Å². The fourth-order valence-electron chi connectivity index (χ4n) is 2.17. The molecular formula is C14H19NS2. The molecule has 1 aliphatic heterocycles. The molecule has 0 aromatic heterocycles. The lowest BCUT2D eigenvalue weighted by Gasteiger charge is -2.39. The van der Waals surface area contributed by atoms with Crippen LogP contribution in [0.25, 0.3) is 0 Å².